The van der Waals surface area contributed by atoms with Crippen LogP contribution in [0.25, 0.3) is 5.70 Å². The second-order valence-corrected chi connectivity index (χ2v) is 8.10. The van der Waals surface area contributed by atoms with Gasteiger partial charge in [-0.2, -0.15) is 0 Å². The van der Waals surface area contributed by atoms with Gasteiger partial charge in [0.1, 0.15) is 0 Å². The monoisotopic (exact) mass is 410 g/mol. The van der Waals surface area contributed by atoms with Gasteiger partial charge in [-0.15, -0.1) is 0 Å². The number of nitrogens with one attached hydrogen (secondary N) is 2. The molecule has 1 heterocycles. The Kier molecular flexibility index (Phi) is 9.51. The van der Waals surface area contributed by atoms with Gasteiger partial charge in [0.15, 0.2) is 0 Å². The molecular weight excluding hydrogens is 368 g/mol. The van der Waals surface area contributed by atoms with E-state index in [2.05, 4.69) is 72.7 Å². The van der Waals surface area contributed by atoms with E-state index in [0.717, 1.165) is 56.7 Å². The van der Waals surface area contributed by atoms with Crippen LogP contribution in [-0.4, -0.2) is 31.7 Å². The summed E-state index contributed by atoms with van der Waals surface area (Å²) in [6.07, 6.45) is 11.3. The largest absolute Gasteiger partial charge is 0.397 e. The summed E-state index contributed by atoms with van der Waals surface area (Å²) >= 11 is 0. The highest BCUT2D eigenvalue weighted by atomic mass is 15.4. The van der Waals surface area contributed by atoms with Crippen molar-refractivity contribution in [2.75, 3.05) is 31.1 Å². The van der Waals surface area contributed by atoms with Gasteiger partial charge in [-0.3, -0.25) is 0 Å². The van der Waals surface area contributed by atoms with Crippen molar-refractivity contribution in [2.45, 2.75) is 65.8 Å². The first-order chi connectivity index (χ1) is 14.6. The minimum Gasteiger partial charge on any atom is -0.397 e. The number of nitrogens with zero attached hydrogens (tertiary/aromatic N) is 1. The summed E-state index contributed by atoms with van der Waals surface area (Å²) in [5, 5.41) is 6.83. The first kappa shape index (κ1) is 24.1. The average Bonchev–Trinajstić information content (AvgIpc) is 3.48. The number of nitrogens with two attached hydrogens (primary N) is 1. The molecule has 4 N–H and O–H groups in total. The smallest absolute Gasteiger partial charge is 0.0547 e. The fraction of sp³-hybridized carbons (Fsp3) is 0.538. The van der Waals surface area contributed by atoms with E-state index in [1.54, 1.807) is 0 Å². The number of rotatable bonds is 10. The summed E-state index contributed by atoms with van der Waals surface area (Å²) in [5.74, 6) is 0. The molecule has 30 heavy (non-hydrogen) atoms. The van der Waals surface area contributed by atoms with Crippen molar-refractivity contribution in [2.24, 2.45) is 5.73 Å². The van der Waals surface area contributed by atoms with Crippen molar-refractivity contribution in [1.82, 2.24) is 10.6 Å². The molecule has 0 saturated carbocycles. The molecule has 2 aliphatic rings. The molecule has 166 valence electrons. The number of hydrogen-bond acceptors (Lipinski definition) is 4. The summed E-state index contributed by atoms with van der Waals surface area (Å²) in [6, 6.07) is 8.61. The Bertz CT molecular complexity index is 745. The Morgan fingerprint density at radius 2 is 1.77 bits per heavy atom. The van der Waals surface area contributed by atoms with Crippen LogP contribution in [0.2, 0.25) is 0 Å². The van der Waals surface area contributed by atoms with Gasteiger partial charge in [-0.25, -0.2) is 0 Å². The predicted molar refractivity (Wildman–Crippen MR) is 133 cm³/mol. The summed E-state index contributed by atoms with van der Waals surface area (Å²) < 4.78 is 0. The van der Waals surface area contributed by atoms with E-state index in [0.29, 0.717) is 5.54 Å². The van der Waals surface area contributed by atoms with E-state index in [4.69, 9.17) is 5.73 Å². The number of hydrogen-bond donors (Lipinski definition) is 3. The van der Waals surface area contributed by atoms with Crippen LogP contribution in [0.1, 0.15) is 65.9 Å². The van der Waals surface area contributed by atoms with Crippen molar-refractivity contribution in [1.29, 1.82) is 0 Å². The van der Waals surface area contributed by atoms with E-state index >= 15 is 0 Å². The van der Waals surface area contributed by atoms with Gasteiger partial charge in [0, 0.05) is 25.0 Å². The highest BCUT2D eigenvalue weighted by Crippen LogP contribution is 2.40. The van der Waals surface area contributed by atoms with Crippen molar-refractivity contribution in [3.8, 4) is 0 Å². The van der Waals surface area contributed by atoms with Gasteiger partial charge in [-0.1, -0.05) is 52.0 Å². The van der Waals surface area contributed by atoms with Gasteiger partial charge in [-0.05, 0) is 74.5 Å². The number of benzene rings is 1. The zero-order valence-electron chi connectivity index (χ0n) is 19.7. The standard InChI is InChI=1S/C24H36N4.C2H6/c1-4-24(3)18-28(24)22-12-10-20(11-13-22)23(25)17-27-16-21-9-7-6-8-19(21)14-15-26-5-2;1-2/h8-13,17,26-27H,4-7,14-16,18,25H2,1-3H3;1-2H3/b23-17-;. The molecule has 1 aliphatic heterocycles. The summed E-state index contributed by atoms with van der Waals surface area (Å²) in [6.45, 7) is 14.8. The molecule has 3 rings (SSSR count). The van der Waals surface area contributed by atoms with Crippen LogP contribution in [0.15, 0.2) is 53.8 Å². The van der Waals surface area contributed by atoms with Crippen LogP contribution in [0.4, 0.5) is 5.69 Å². The van der Waals surface area contributed by atoms with Crippen LogP contribution < -0.4 is 21.3 Å². The maximum Gasteiger partial charge on any atom is 0.0547 e. The van der Waals surface area contributed by atoms with Gasteiger partial charge in [0.2, 0.25) is 0 Å². The second-order valence-electron chi connectivity index (χ2n) is 8.10. The minimum atomic E-state index is 0.343. The van der Waals surface area contributed by atoms with E-state index in [-0.39, 0.29) is 0 Å². The number of anilines is 1. The molecule has 1 aromatic rings. The van der Waals surface area contributed by atoms with Gasteiger partial charge >= 0.3 is 0 Å². The fourth-order valence-corrected chi connectivity index (χ4v) is 3.82. The lowest BCUT2D eigenvalue weighted by atomic mass is 9.95. The maximum atomic E-state index is 6.31. The molecule has 1 atom stereocenters. The van der Waals surface area contributed by atoms with Crippen LogP contribution >= 0.6 is 0 Å². The first-order valence-electron chi connectivity index (χ1n) is 11.7. The molecule has 4 heteroatoms. The molecule has 0 bridgehead atoms. The molecule has 1 saturated heterocycles. The normalized spacial score (nSPS) is 20.7. The Hall–Kier alpha value is -2.20. The lowest BCUT2D eigenvalue weighted by molar-refractivity contribution is 0.694. The van der Waals surface area contributed by atoms with Crippen LogP contribution in [-0.2, 0) is 0 Å². The highest BCUT2D eigenvalue weighted by Gasteiger charge is 2.45. The predicted octanol–water partition coefficient (Wildman–Crippen LogP) is 5.19. The van der Waals surface area contributed by atoms with E-state index in [1.165, 1.54) is 23.3 Å². The summed E-state index contributed by atoms with van der Waals surface area (Å²) in [5.41, 5.74) is 12.7. The Labute approximate surface area is 184 Å². The summed E-state index contributed by atoms with van der Waals surface area (Å²) in [7, 11) is 0. The van der Waals surface area contributed by atoms with E-state index < -0.39 is 0 Å². The zero-order chi connectivity index (χ0) is 22.0. The first-order valence-corrected chi connectivity index (χ1v) is 11.7. The van der Waals surface area contributed by atoms with Crippen molar-refractivity contribution < 1.29 is 0 Å². The third-order valence-corrected chi connectivity index (χ3v) is 6.05. The molecule has 0 aromatic heterocycles. The van der Waals surface area contributed by atoms with Gasteiger partial charge < -0.3 is 21.3 Å². The van der Waals surface area contributed by atoms with Crippen LogP contribution in [0, 0.1) is 0 Å². The quantitative estimate of drug-likeness (QED) is 0.367. The molecule has 1 unspecified atom stereocenters. The topological polar surface area (TPSA) is 53.1 Å². The molecule has 0 amide bonds. The number of allylic oxidation sites excluding steroid dienone is 2. The Morgan fingerprint density at radius 3 is 2.37 bits per heavy atom. The van der Waals surface area contributed by atoms with Crippen molar-refractivity contribution >= 4 is 11.4 Å². The zero-order valence-corrected chi connectivity index (χ0v) is 19.7. The van der Waals surface area contributed by atoms with E-state index in [1.807, 2.05) is 20.0 Å². The highest BCUT2D eigenvalue weighted by molar-refractivity contribution is 5.66. The fourth-order valence-electron chi connectivity index (χ4n) is 3.82. The van der Waals surface area contributed by atoms with E-state index in [9.17, 15) is 0 Å². The lowest BCUT2D eigenvalue weighted by Gasteiger charge is -2.17. The van der Waals surface area contributed by atoms with Crippen molar-refractivity contribution in [3.63, 3.8) is 0 Å². The third-order valence-electron chi connectivity index (χ3n) is 6.05. The maximum absolute atomic E-state index is 6.31. The Morgan fingerprint density at radius 1 is 1.10 bits per heavy atom. The molecular formula is C26H42N4. The average molecular weight is 411 g/mol. The molecule has 1 aromatic carbocycles. The van der Waals surface area contributed by atoms with Gasteiger partial charge in [0.25, 0.3) is 0 Å². The molecule has 1 fully saturated rings. The molecule has 1 aliphatic carbocycles. The SMILES string of the molecule is CC.CCNCCC1=CCCC=C1CN/C=C(\N)c1ccc(N2CC2(C)CC)cc1. The van der Waals surface area contributed by atoms with Gasteiger partial charge in [0.05, 0.1) is 11.2 Å². The minimum absolute atomic E-state index is 0.343. The third kappa shape index (κ3) is 6.40. The Balaban J connectivity index is 0.00000155. The molecule has 0 spiro atoms. The van der Waals surface area contributed by atoms with Crippen LogP contribution in [0.5, 0.6) is 0 Å². The van der Waals surface area contributed by atoms with Crippen molar-refractivity contribution in [3.05, 3.63) is 59.3 Å². The van der Waals surface area contributed by atoms with Crippen LogP contribution in [0.3, 0.4) is 0 Å². The molecule has 0 radical (unpaired) electrons. The summed E-state index contributed by atoms with van der Waals surface area (Å²) in [4.78, 5) is 2.45. The lowest BCUT2D eigenvalue weighted by Crippen LogP contribution is -2.19. The second kappa shape index (κ2) is 11.8. The molecule has 4 nitrogen and oxygen atoms in total.